The largest absolute Gasteiger partial charge is 0.493 e. The number of aromatic nitrogens is 1. The van der Waals surface area contributed by atoms with Crippen LogP contribution in [-0.4, -0.2) is 36.6 Å². The number of amides is 2. The normalized spacial score (nSPS) is 15.3. The van der Waals surface area contributed by atoms with E-state index in [1.165, 1.54) is 25.6 Å². The van der Waals surface area contributed by atoms with Crippen LogP contribution in [0.15, 0.2) is 29.4 Å². The highest BCUT2D eigenvalue weighted by molar-refractivity contribution is 7.09. The van der Waals surface area contributed by atoms with Crippen molar-refractivity contribution in [3.8, 4) is 11.5 Å². The van der Waals surface area contributed by atoms with Crippen LogP contribution in [0, 0.1) is 6.92 Å². The van der Waals surface area contributed by atoms with E-state index in [0.717, 1.165) is 17.7 Å². The van der Waals surface area contributed by atoms with E-state index >= 15 is 0 Å². The van der Waals surface area contributed by atoms with Crippen molar-refractivity contribution in [1.29, 1.82) is 0 Å². The topological polar surface area (TPSA) is 81.9 Å². The molecule has 1 aliphatic rings. The second kappa shape index (κ2) is 7.96. The molecule has 3 rings (SSSR count). The Balaban J connectivity index is 1.90. The number of hydrogen-bond acceptors (Lipinski definition) is 5. The lowest BCUT2D eigenvalue weighted by atomic mass is 10.2. The van der Waals surface area contributed by atoms with Gasteiger partial charge in [-0.25, -0.2) is 0 Å². The molecule has 1 saturated carbocycles. The lowest BCUT2D eigenvalue weighted by molar-refractivity contribution is -0.124. The van der Waals surface area contributed by atoms with Gasteiger partial charge in [0.25, 0.3) is 5.91 Å². The summed E-state index contributed by atoms with van der Waals surface area (Å²) in [5.74, 6) is 0.545. The maximum atomic E-state index is 12.7. The minimum atomic E-state index is -0.437. The Bertz CT molecular complexity index is 927. The standard InChI is InChI=1S/C19H23N3O4S/c1-11-10-22(12(2)17(23)20-14-6-7-14)19(27-11)21-18(24)13-5-8-15(25-3)16(9-13)26-4/h5,8-10,12,14H,6-7H2,1-4H3,(H,20,23)/t12-/m0/s1. The highest BCUT2D eigenvalue weighted by atomic mass is 32.1. The first-order valence-corrected chi connectivity index (χ1v) is 9.54. The van der Waals surface area contributed by atoms with E-state index in [1.807, 2.05) is 20.0 Å². The fourth-order valence-corrected chi connectivity index (χ4v) is 3.53. The van der Waals surface area contributed by atoms with E-state index < -0.39 is 11.9 Å². The smallest absolute Gasteiger partial charge is 0.279 e. The van der Waals surface area contributed by atoms with E-state index in [4.69, 9.17) is 9.47 Å². The number of carbonyl (C=O) groups excluding carboxylic acids is 2. The third-order valence-corrected chi connectivity index (χ3v) is 5.25. The highest BCUT2D eigenvalue weighted by Gasteiger charge is 2.26. The van der Waals surface area contributed by atoms with Crippen LogP contribution in [0.3, 0.4) is 0 Å². The van der Waals surface area contributed by atoms with Crippen molar-refractivity contribution in [3.63, 3.8) is 0 Å². The molecular formula is C19H23N3O4S. The van der Waals surface area contributed by atoms with Crippen molar-refractivity contribution >= 4 is 23.2 Å². The van der Waals surface area contributed by atoms with Gasteiger partial charge in [-0.3, -0.25) is 9.59 Å². The van der Waals surface area contributed by atoms with Gasteiger partial charge in [-0.05, 0) is 44.9 Å². The minimum Gasteiger partial charge on any atom is -0.493 e. The van der Waals surface area contributed by atoms with Gasteiger partial charge < -0.3 is 19.4 Å². The van der Waals surface area contributed by atoms with E-state index in [1.54, 1.807) is 22.8 Å². The molecular weight excluding hydrogens is 366 g/mol. The summed E-state index contributed by atoms with van der Waals surface area (Å²) >= 11 is 1.37. The van der Waals surface area contributed by atoms with Crippen LogP contribution in [0.25, 0.3) is 0 Å². The zero-order valence-corrected chi connectivity index (χ0v) is 16.6. The van der Waals surface area contributed by atoms with E-state index in [9.17, 15) is 9.59 Å². The number of ether oxygens (including phenoxy) is 2. The SMILES string of the molecule is COc1ccc(C(=O)N=c2sc(C)cn2[C@@H](C)C(=O)NC2CC2)cc1OC. The van der Waals surface area contributed by atoms with Gasteiger partial charge >= 0.3 is 0 Å². The van der Waals surface area contributed by atoms with Crippen molar-refractivity contribution in [2.24, 2.45) is 4.99 Å². The number of carbonyl (C=O) groups is 2. The van der Waals surface area contributed by atoms with Crippen LogP contribution in [-0.2, 0) is 4.79 Å². The van der Waals surface area contributed by atoms with E-state index in [2.05, 4.69) is 10.3 Å². The number of methoxy groups -OCH3 is 2. The Morgan fingerprint density at radius 3 is 2.59 bits per heavy atom. The Morgan fingerprint density at radius 2 is 1.96 bits per heavy atom. The van der Waals surface area contributed by atoms with Gasteiger partial charge in [0.2, 0.25) is 5.91 Å². The summed E-state index contributed by atoms with van der Waals surface area (Å²) in [6.07, 6.45) is 3.91. The van der Waals surface area contributed by atoms with Gasteiger partial charge in [-0.15, -0.1) is 11.3 Å². The fourth-order valence-electron chi connectivity index (χ4n) is 2.63. The molecule has 1 fully saturated rings. The molecule has 1 aromatic heterocycles. The maximum Gasteiger partial charge on any atom is 0.279 e. The van der Waals surface area contributed by atoms with Crippen LogP contribution in [0.4, 0.5) is 0 Å². The van der Waals surface area contributed by atoms with Crippen molar-refractivity contribution in [1.82, 2.24) is 9.88 Å². The number of nitrogens with one attached hydrogen (secondary N) is 1. The molecule has 1 N–H and O–H groups in total. The average Bonchev–Trinajstić information content (AvgIpc) is 3.40. The third kappa shape index (κ3) is 4.39. The van der Waals surface area contributed by atoms with Gasteiger partial charge in [0.15, 0.2) is 16.3 Å². The van der Waals surface area contributed by atoms with Crippen LogP contribution < -0.4 is 19.6 Å². The predicted molar refractivity (Wildman–Crippen MR) is 102 cm³/mol. The lowest BCUT2D eigenvalue weighted by Crippen LogP contribution is -2.35. The van der Waals surface area contributed by atoms with Crippen LogP contribution in [0.1, 0.15) is 41.0 Å². The molecule has 1 atom stereocenters. The molecule has 0 spiro atoms. The fraction of sp³-hybridized carbons (Fsp3) is 0.421. The quantitative estimate of drug-likeness (QED) is 0.823. The summed E-state index contributed by atoms with van der Waals surface area (Å²) in [6.45, 7) is 3.73. The first kappa shape index (κ1) is 19.2. The van der Waals surface area contributed by atoms with E-state index in [0.29, 0.717) is 21.9 Å². The number of nitrogens with zero attached hydrogens (tertiary/aromatic N) is 2. The maximum absolute atomic E-state index is 12.7. The number of aryl methyl sites for hydroxylation is 1. The molecule has 1 heterocycles. The molecule has 1 aromatic carbocycles. The van der Waals surface area contributed by atoms with Crippen LogP contribution in [0.5, 0.6) is 11.5 Å². The van der Waals surface area contributed by atoms with E-state index in [-0.39, 0.29) is 11.9 Å². The second-order valence-electron chi connectivity index (χ2n) is 6.48. The van der Waals surface area contributed by atoms with Gasteiger partial charge in [-0.1, -0.05) is 0 Å². The molecule has 0 aliphatic heterocycles. The molecule has 0 unspecified atom stereocenters. The zero-order chi connectivity index (χ0) is 19.6. The summed E-state index contributed by atoms with van der Waals surface area (Å²) in [7, 11) is 3.05. The molecule has 0 saturated heterocycles. The number of thiazole rings is 1. The second-order valence-corrected chi connectivity index (χ2v) is 7.69. The highest BCUT2D eigenvalue weighted by Crippen LogP contribution is 2.27. The van der Waals surface area contributed by atoms with Crippen molar-refractivity contribution < 1.29 is 19.1 Å². The Labute approximate surface area is 161 Å². The molecule has 144 valence electrons. The van der Waals surface area contributed by atoms with Gasteiger partial charge in [0.1, 0.15) is 6.04 Å². The third-order valence-electron chi connectivity index (χ3n) is 4.34. The molecule has 0 radical (unpaired) electrons. The summed E-state index contributed by atoms with van der Waals surface area (Å²) in [5, 5.41) is 2.99. The molecule has 1 aliphatic carbocycles. The molecule has 8 heteroatoms. The predicted octanol–water partition coefficient (Wildman–Crippen LogP) is 2.46. The Morgan fingerprint density at radius 1 is 1.26 bits per heavy atom. The molecule has 7 nitrogen and oxygen atoms in total. The van der Waals surface area contributed by atoms with Crippen LogP contribution >= 0.6 is 11.3 Å². The zero-order valence-electron chi connectivity index (χ0n) is 15.8. The summed E-state index contributed by atoms with van der Waals surface area (Å²) in [6, 6.07) is 4.75. The first-order valence-electron chi connectivity index (χ1n) is 8.73. The van der Waals surface area contributed by atoms with Crippen molar-refractivity contribution in [2.75, 3.05) is 14.2 Å². The number of benzene rings is 1. The number of hydrogen-bond donors (Lipinski definition) is 1. The first-order chi connectivity index (χ1) is 12.9. The molecule has 2 amide bonds. The Kier molecular flexibility index (Phi) is 5.65. The lowest BCUT2D eigenvalue weighted by Gasteiger charge is -2.13. The summed E-state index contributed by atoms with van der Waals surface area (Å²) in [5.41, 5.74) is 0.389. The molecule has 2 aromatic rings. The van der Waals surface area contributed by atoms with Crippen molar-refractivity contribution in [2.45, 2.75) is 38.8 Å². The van der Waals surface area contributed by atoms with Gasteiger partial charge in [-0.2, -0.15) is 4.99 Å². The minimum absolute atomic E-state index is 0.0599. The molecule has 27 heavy (non-hydrogen) atoms. The molecule has 0 bridgehead atoms. The Hall–Kier alpha value is -2.61. The van der Waals surface area contributed by atoms with Gasteiger partial charge in [0.05, 0.1) is 14.2 Å². The number of rotatable bonds is 6. The van der Waals surface area contributed by atoms with Crippen LogP contribution in [0.2, 0.25) is 0 Å². The summed E-state index contributed by atoms with van der Waals surface area (Å²) < 4.78 is 12.2. The average molecular weight is 389 g/mol. The monoisotopic (exact) mass is 389 g/mol. The van der Waals surface area contributed by atoms with Crippen molar-refractivity contribution in [3.05, 3.63) is 39.6 Å². The van der Waals surface area contributed by atoms with Gasteiger partial charge in [0, 0.05) is 22.7 Å². The summed E-state index contributed by atoms with van der Waals surface area (Å²) in [4.78, 5) is 30.7.